The lowest BCUT2D eigenvalue weighted by Crippen LogP contribution is -2.36. The van der Waals surface area contributed by atoms with E-state index in [2.05, 4.69) is 10.4 Å². The molecule has 3 rings (SSSR count). The number of hydrogen-bond donors (Lipinski definition) is 1. The number of fused-ring (bicyclic) bond motifs is 1. The van der Waals surface area contributed by atoms with E-state index in [0.717, 1.165) is 21.5 Å². The first-order valence-corrected chi connectivity index (χ1v) is 10.1. The number of nitrogens with zero attached hydrogens (tertiary/aromatic N) is 3. The number of Topliss-reactive ketones (excluding diaryl/α,β-unsaturated/α-hetero) is 1. The van der Waals surface area contributed by atoms with Crippen molar-refractivity contribution in [2.24, 2.45) is 5.92 Å². The van der Waals surface area contributed by atoms with Gasteiger partial charge in [0.2, 0.25) is 5.91 Å². The van der Waals surface area contributed by atoms with Gasteiger partial charge in [0.05, 0.1) is 29.8 Å². The molecule has 1 unspecified atom stereocenters. The summed E-state index contributed by atoms with van der Waals surface area (Å²) >= 11 is 7.47. The average molecular weight is 431 g/mol. The van der Waals surface area contributed by atoms with Gasteiger partial charge in [-0.25, -0.2) is 0 Å². The Morgan fingerprint density at radius 3 is 2.86 bits per heavy atom. The average Bonchev–Trinajstić information content (AvgIpc) is 3.26. The van der Waals surface area contributed by atoms with Crippen LogP contribution in [0.25, 0.3) is 10.2 Å². The Morgan fingerprint density at radius 2 is 2.17 bits per heavy atom. The zero-order chi connectivity index (χ0) is 21.0. The van der Waals surface area contributed by atoms with Crippen LogP contribution in [0.3, 0.4) is 0 Å². The van der Waals surface area contributed by atoms with E-state index < -0.39 is 17.6 Å². The summed E-state index contributed by atoms with van der Waals surface area (Å²) in [4.78, 5) is 26.1. The molecule has 29 heavy (non-hydrogen) atoms. The number of halogens is 1. The fourth-order valence-electron chi connectivity index (χ4n) is 2.89. The second kappa shape index (κ2) is 9.18. The maximum Gasteiger partial charge on any atom is 0.245 e. The molecule has 0 fully saturated rings. The molecule has 150 valence electrons. The van der Waals surface area contributed by atoms with Crippen molar-refractivity contribution in [3.63, 3.8) is 0 Å². The first kappa shape index (κ1) is 21.0. The number of nitrogens with one attached hydrogen (secondary N) is 1. The van der Waals surface area contributed by atoms with Gasteiger partial charge in [-0.15, -0.1) is 11.3 Å². The first-order valence-electron chi connectivity index (χ1n) is 8.87. The predicted octanol–water partition coefficient (Wildman–Crippen LogP) is 3.19. The second-order valence-corrected chi connectivity index (χ2v) is 7.81. The zero-order valence-corrected chi connectivity index (χ0v) is 17.5. The molecule has 0 saturated carbocycles. The van der Waals surface area contributed by atoms with Gasteiger partial charge in [-0.2, -0.15) is 10.4 Å². The van der Waals surface area contributed by atoms with Crippen LogP contribution in [0.1, 0.15) is 20.9 Å². The number of amides is 1. The Bertz CT molecular complexity index is 1100. The molecule has 1 amide bonds. The van der Waals surface area contributed by atoms with Crippen LogP contribution in [0.2, 0.25) is 5.02 Å². The number of methoxy groups -OCH3 is 1. The molecule has 1 N–H and O–H groups in total. The van der Waals surface area contributed by atoms with E-state index in [4.69, 9.17) is 16.3 Å². The molecule has 0 saturated heterocycles. The molecule has 0 spiro atoms. The molecule has 3 aromatic rings. The second-order valence-electron chi connectivity index (χ2n) is 6.37. The fraction of sp³-hybridized carbons (Fsp3) is 0.300. The normalized spacial score (nSPS) is 11.9. The lowest BCUT2D eigenvalue weighted by Gasteiger charge is -2.08. The molecule has 0 aliphatic heterocycles. The summed E-state index contributed by atoms with van der Waals surface area (Å²) in [5.41, 5.74) is 1.67. The number of aromatic nitrogens is 2. The van der Waals surface area contributed by atoms with E-state index in [-0.39, 0.29) is 6.54 Å². The van der Waals surface area contributed by atoms with Crippen LogP contribution < -0.4 is 5.32 Å². The van der Waals surface area contributed by atoms with Crippen molar-refractivity contribution >= 4 is 44.8 Å². The maximum absolute atomic E-state index is 12.8. The van der Waals surface area contributed by atoms with E-state index in [1.54, 1.807) is 16.8 Å². The highest BCUT2D eigenvalue weighted by atomic mass is 35.5. The summed E-state index contributed by atoms with van der Waals surface area (Å²) in [6.45, 7) is 2.85. The number of rotatable bonds is 8. The molecule has 2 heterocycles. The molecule has 0 bridgehead atoms. The molecule has 0 radical (unpaired) electrons. The summed E-state index contributed by atoms with van der Waals surface area (Å²) in [7, 11) is 1.50. The van der Waals surface area contributed by atoms with Crippen LogP contribution in [0, 0.1) is 24.2 Å². The van der Waals surface area contributed by atoms with Crippen LogP contribution in [-0.4, -0.2) is 41.7 Å². The van der Waals surface area contributed by atoms with Gasteiger partial charge < -0.3 is 10.1 Å². The van der Waals surface area contributed by atoms with E-state index in [1.807, 2.05) is 31.2 Å². The highest BCUT2D eigenvalue weighted by Crippen LogP contribution is 2.31. The smallest absolute Gasteiger partial charge is 0.245 e. The summed E-state index contributed by atoms with van der Waals surface area (Å²) in [5, 5.41) is 17.9. The third kappa shape index (κ3) is 4.48. The molecule has 9 heteroatoms. The van der Waals surface area contributed by atoms with Gasteiger partial charge >= 0.3 is 0 Å². The number of ketones is 1. The largest absolute Gasteiger partial charge is 0.383 e. The highest BCUT2D eigenvalue weighted by molar-refractivity contribution is 7.20. The first-order chi connectivity index (χ1) is 14.0. The minimum atomic E-state index is -1.40. The number of thiophene rings is 1. The van der Waals surface area contributed by atoms with Crippen LogP contribution in [0.5, 0.6) is 0 Å². The number of carbonyl (C=O) groups excluding carboxylic acids is 2. The molecule has 1 atom stereocenters. The van der Waals surface area contributed by atoms with Crippen molar-refractivity contribution in [2.75, 3.05) is 20.3 Å². The Labute approximate surface area is 176 Å². The van der Waals surface area contributed by atoms with Gasteiger partial charge in [0.1, 0.15) is 4.83 Å². The molecular formula is C20H19ClN4O3S. The van der Waals surface area contributed by atoms with Crippen molar-refractivity contribution in [3.05, 3.63) is 51.5 Å². The molecule has 0 aliphatic carbocycles. The third-order valence-electron chi connectivity index (χ3n) is 4.39. The number of ether oxygens (including phenoxy) is 1. The van der Waals surface area contributed by atoms with E-state index in [9.17, 15) is 14.9 Å². The molecule has 1 aromatic carbocycles. The van der Waals surface area contributed by atoms with Crippen LogP contribution in [0.15, 0.2) is 30.3 Å². The predicted molar refractivity (Wildman–Crippen MR) is 111 cm³/mol. The summed E-state index contributed by atoms with van der Waals surface area (Å²) in [6.07, 6.45) is 0. The monoisotopic (exact) mass is 430 g/mol. The van der Waals surface area contributed by atoms with Crippen molar-refractivity contribution in [1.82, 2.24) is 15.1 Å². The van der Waals surface area contributed by atoms with Gasteiger partial charge in [0.15, 0.2) is 11.7 Å². The topological polar surface area (TPSA) is 97.0 Å². The zero-order valence-electron chi connectivity index (χ0n) is 15.9. The van der Waals surface area contributed by atoms with Crippen molar-refractivity contribution in [1.29, 1.82) is 5.26 Å². The lowest BCUT2D eigenvalue weighted by atomic mass is 10.0. The number of carbonyl (C=O) groups is 2. The highest BCUT2D eigenvalue weighted by Gasteiger charge is 2.29. The Hall–Kier alpha value is -2.73. The molecule has 0 aliphatic rings. The molecule has 7 nitrogen and oxygen atoms in total. The van der Waals surface area contributed by atoms with Crippen LogP contribution in [-0.2, 0) is 16.1 Å². The number of benzene rings is 1. The fourth-order valence-corrected chi connectivity index (χ4v) is 4.21. The Balaban J connectivity index is 1.87. The minimum absolute atomic E-state index is 0.235. The summed E-state index contributed by atoms with van der Waals surface area (Å²) in [6, 6.07) is 11.0. The van der Waals surface area contributed by atoms with Gasteiger partial charge in [-0.3, -0.25) is 14.3 Å². The van der Waals surface area contributed by atoms with Gasteiger partial charge in [-0.1, -0.05) is 29.8 Å². The van der Waals surface area contributed by atoms with Crippen LogP contribution >= 0.6 is 22.9 Å². The van der Waals surface area contributed by atoms with Gasteiger partial charge in [0.25, 0.3) is 0 Å². The maximum atomic E-state index is 12.8. The van der Waals surface area contributed by atoms with Crippen molar-refractivity contribution in [3.8, 4) is 6.07 Å². The SMILES string of the molecule is COCCNC(=O)C(C#N)C(=O)c1cc2c(C)nn(Cc3ccccc3Cl)c2s1. The van der Waals surface area contributed by atoms with E-state index in [1.165, 1.54) is 18.4 Å². The quantitative estimate of drug-likeness (QED) is 0.336. The van der Waals surface area contributed by atoms with Crippen molar-refractivity contribution in [2.45, 2.75) is 13.5 Å². The summed E-state index contributed by atoms with van der Waals surface area (Å²) in [5.74, 6) is -2.55. The molecule has 2 aromatic heterocycles. The van der Waals surface area contributed by atoms with Crippen molar-refractivity contribution < 1.29 is 14.3 Å². The van der Waals surface area contributed by atoms with E-state index in [0.29, 0.717) is 23.1 Å². The van der Waals surface area contributed by atoms with E-state index >= 15 is 0 Å². The summed E-state index contributed by atoms with van der Waals surface area (Å²) < 4.78 is 6.65. The third-order valence-corrected chi connectivity index (χ3v) is 5.92. The number of nitriles is 1. The Kier molecular flexibility index (Phi) is 6.64. The number of aryl methyl sites for hydroxylation is 1. The Morgan fingerprint density at radius 1 is 1.41 bits per heavy atom. The standard InChI is InChI=1S/C20H19ClN4O3S/c1-12-14-9-17(18(26)15(10-22)19(27)23-7-8-28-2)29-20(14)25(24-12)11-13-5-3-4-6-16(13)21/h3-6,9,15H,7-8,11H2,1-2H3,(H,23,27). The molecular weight excluding hydrogens is 412 g/mol. The minimum Gasteiger partial charge on any atom is -0.383 e. The van der Waals surface area contributed by atoms with Gasteiger partial charge in [0, 0.05) is 24.1 Å². The number of hydrogen-bond acceptors (Lipinski definition) is 6. The van der Waals surface area contributed by atoms with Gasteiger partial charge in [-0.05, 0) is 24.6 Å². The van der Waals surface area contributed by atoms with Crippen LogP contribution in [0.4, 0.5) is 0 Å². The lowest BCUT2D eigenvalue weighted by molar-refractivity contribution is -0.122.